The average Bonchev–Trinajstić information content (AvgIpc) is 3.08. The lowest BCUT2D eigenvalue weighted by molar-refractivity contribution is -0.136. The van der Waals surface area contributed by atoms with Gasteiger partial charge < -0.3 is 20.4 Å². The Balaban J connectivity index is 1.60. The summed E-state index contributed by atoms with van der Waals surface area (Å²) in [7, 11) is 0. The first-order valence-electron chi connectivity index (χ1n) is 9.46. The van der Waals surface area contributed by atoms with Gasteiger partial charge >= 0.3 is 11.8 Å². The van der Waals surface area contributed by atoms with Crippen molar-refractivity contribution in [3.63, 3.8) is 0 Å². The van der Waals surface area contributed by atoms with Crippen LogP contribution in [0.15, 0.2) is 42.6 Å². The Bertz CT molecular complexity index is 1040. The summed E-state index contributed by atoms with van der Waals surface area (Å²) in [5, 5.41) is 6.14. The molecule has 1 heterocycles. The second-order valence-electron chi connectivity index (χ2n) is 7.08. The number of aromatic amines is 1. The molecule has 6 nitrogen and oxygen atoms in total. The van der Waals surface area contributed by atoms with Crippen LogP contribution in [0.1, 0.15) is 25.0 Å². The Kier molecular flexibility index (Phi) is 6.16. The van der Waals surface area contributed by atoms with E-state index in [2.05, 4.69) is 15.6 Å². The molecule has 0 saturated carbocycles. The van der Waals surface area contributed by atoms with Gasteiger partial charge in [-0.05, 0) is 56.5 Å². The highest BCUT2D eigenvalue weighted by atomic mass is 19.1. The molecule has 1 aromatic heterocycles. The first-order valence-corrected chi connectivity index (χ1v) is 9.46. The molecule has 2 amide bonds. The summed E-state index contributed by atoms with van der Waals surface area (Å²) >= 11 is 0. The number of H-pyrrole nitrogens is 1. The third-order valence-corrected chi connectivity index (χ3v) is 4.43. The van der Waals surface area contributed by atoms with E-state index in [1.165, 1.54) is 12.1 Å². The number of halogens is 1. The molecular formula is C22H24FN3O3. The fourth-order valence-electron chi connectivity index (χ4n) is 3.18. The number of rotatable bonds is 6. The predicted octanol–water partition coefficient (Wildman–Crippen LogP) is 3.70. The van der Waals surface area contributed by atoms with Gasteiger partial charge in [0.15, 0.2) is 0 Å². The second kappa shape index (κ2) is 8.77. The Hall–Kier alpha value is -3.35. The molecule has 7 heteroatoms. The van der Waals surface area contributed by atoms with Crippen molar-refractivity contribution in [1.29, 1.82) is 0 Å². The molecule has 0 radical (unpaired) electrons. The third kappa shape index (κ3) is 4.93. The molecule has 3 rings (SSSR count). The molecule has 29 heavy (non-hydrogen) atoms. The summed E-state index contributed by atoms with van der Waals surface area (Å²) in [4.78, 5) is 27.6. The summed E-state index contributed by atoms with van der Waals surface area (Å²) in [6.45, 7) is 5.95. The van der Waals surface area contributed by atoms with Gasteiger partial charge in [-0.1, -0.05) is 12.1 Å². The number of ether oxygens (including phenoxy) is 1. The lowest BCUT2D eigenvalue weighted by Crippen LogP contribution is -2.36. The molecule has 0 aliphatic carbocycles. The highest BCUT2D eigenvalue weighted by Gasteiger charge is 2.17. The first kappa shape index (κ1) is 20.4. The van der Waals surface area contributed by atoms with Crippen LogP contribution in [-0.2, 0) is 16.0 Å². The van der Waals surface area contributed by atoms with Gasteiger partial charge in [-0.2, -0.15) is 0 Å². The van der Waals surface area contributed by atoms with Crippen molar-refractivity contribution in [2.24, 2.45) is 0 Å². The van der Waals surface area contributed by atoms with E-state index in [1.807, 2.05) is 45.2 Å². The molecule has 0 fully saturated rings. The highest BCUT2D eigenvalue weighted by Crippen LogP contribution is 2.26. The Morgan fingerprint density at radius 2 is 1.97 bits per heavy atom. The smallest absolute Gasteiger partial charge is 0.313 e. The van der Waals surface area contributed by atoms with Gasteiger partial charge in [0.25, 0.3) is 0 Å². The van der Waals surface area contributed by atoms with Crippen LogP contribution in [0.25, 0.3) is 10.9 Å². The van der Waals surface area contributed by atoms with Crippen LogP contribution >= 0.6 is 0 Å². The number of aryl methyl sites for hydroxylation is 1. The minimum atomic E-state index is -0.876. The molecule has 0 aliphatic rings. The van der Waals surface area contributed by atoms with E-state index in [0.29, 0.717) is 18.7 Å². The molecule has 0 aliphatic heterocycles. The number of hydrogen-bond donors (Lipinski definition) is 3. The number of carbonyl (C=O) groups is 2. The van der Waals surface area contributed by atoms with Crippen LogP contribution in [0, 0.1) is 12.7 Å². The maximum absolute atomic E-state index is 13.5. The fraction of sp³-hybridized carbons (Fsp3) is 0.273. The summed E-state index contributed by atoms with van der Waals surface area (Å²) in [6, 6.07) is 9.78. The molecule has 0 unspecified atom stereocenters. The van der Waals surface area contributed by atoms with Crippen molar-refractivity contribution in [3.05, 3.63) is 59.5 Å². The van der Waals surface area contributed by atoms with Crippen molar-refractivity contribution < 1.29 is 18.7 Å². The number of anilines is 1. The largest absolute Gasteiger partial charge is 0.489 e. The summed E-state index contributed by atoms with van der Waals surface area (Å²) in [5.74, 6) is -1.90. The van der Waals surface area contributed by atoms with Crippen LogP contribution in [0.2, 0.25) is 0 Å². The zero-order valence-corrected chi connectivity index (χ0v) is 16.6. The van der Waals surface area contributed by atoms with Gasteiger partial charge in [0.05, 0.1) is 11.8 Å². The van der Waals surface area contributed by atoms with Crippen molar-refractivity contribution in [3.8, 4) is 5.75 Å². The van der Waals surface area contributed by atoms with Crippen molar-refractivity contribution >= 4 is 28.4 Å². The van der Waals surface area contributed by atoms with Crippen LogP contribution < -0.4 is 15.4 Å². The van der Waals surface area contributed by atoms with Crippen molar-refractivity contribution in [2.75, 3.05) is 11.9 Å². The van der Waals surface area contributed by atoms with Crippen LogP contribution in [0.5, 0.6) is 5.75 Å². The van der Waals surface area contributed by atoms with Gasteiger partial charge in [0.2, 0.25) is 0 Å². The molecule has 0 saturated heterocycles. The molecular weight excluding hydrogens is 373 g/mol. The van der Waals surface area contributed by atoms with Gasteiger partial charge in [0, 0.05) is 29.7 Å². The number of hydrogen-bond acceptors (Lipinski definition) is 3. The van der Waals surface area contributed by atoms with Crippen molar-refractivity contribution in [2.45, 2.75) is 33.3 Å². The second-order valence-corrected chi connectivity index (χ2v) is 7.08. The van der Waals surface area contributed by atoms with Gasteiger partial charge in [0.1, 0.15) is 11.6 Å². The number of aromatic nitrogens is 1. The van der Waals surface area contributed by atoms with E-state index in [0.717, 1.165) is 28.1 Å². The van der Waals surface area contributed by atoms with Crippen LogP contribution in [0.3, 0.4) is 0 Å². The normalized spacial score (nSPS) is 10.9. The quantitative estimate of drug-likeness (QED) is 0.555. The molecule has 2 aromatic carbocycles. The lowest BCUT2D eigenvalue weighted by Gasteiger charge is -2.15. The molecule has 152 valence electrons. The number of carbonyl (C=O) groups excluding carboxylic acids is 2. The predicted molar refractivity (Wildman–Crippen MR) is 111 cm³/mol. The number of amides is 2. The molecule has 3 N–H and O–H groups in total. The minimum Gasteiger partial charge on any atom is -0.489 e. The summed E-state index contributed by atoms with van der Waals surface area (Å²) in [5.41, 5.74) is 3.36. The topological polar surface area (TPSA) is 83.2 Å². The Morgan fingerprint density at radius 1 is 1.17 bits per heavy atom. The highest BCUT2D eigenvalue weighted by molar-refractivity contribution is 6.39. The monoisotopic (exact) mass is 397 g/mol. The molecule has 0 bridgehead atoms. The minimum absolute atomic E-state index is 0.117. The number of nitrogens with one attached hydrogen (secondary N) is 3. The van der Waals surface area contributed by atoms with Gasteiger partial charge in [-0.15, -0.1) is 0 Å². The van der Waals surface area contributed by atoms with E-state index in [4.69, 9.17) is 4.74 Å². The van der Waals surface area contributed by atoms with Gasteiger partial charge in [-0.3, -0.25) is 9.59 Å². The molecule has 3 aromatic rings. The standard InChI is InChI=1S/C22H24FN3O3/c1-13(2)29-19-8-7-16(23)11-18(19)26-22(28)21(27)24-10-9-15-12-25-17-6-4-5-14(3)20(15)17/h4-8,11-13,25H,9-10H2,1-3H3,(H,24,27)(H,26,28). The average molecular weight is 397 g/mol. The Labute approximate surface area is 168 Å². The Morgan fingerprint density at radius 3 is 2.72 bits per heavy atom. The van der Waals surface area contributed by atoms with E-state index < -0.39 is 17.6 Å². The van der Waals surface area contributed by atoms with Crippen molar-refractivity contribution in [1.82, 2.24) is 10.3 Å². The van der Waals surface area contributed by atoms with E-state index in [1.54, 1.807) is 0 Å². The number of fused-ring (bicyclic) bond motifs is 1. The molecule has 0 spiro atoms. The summed E-state index contributed by atoms with van der Waals surface area (Å²) in [6.07, 6.45) is 2.32. The van der Waals surface area contributed by atoms with Crippen LogP contribution in [0.4, 0.5) is 10.1 Å². The van der Waals surface area contributed by atoms with E-state index in [-0.39, 0.29) is 11.8 Å². The zero-order chi connectivity index (χ0) is 21.0. The number of benzene rings is 2. The fourth-order valence-corrected chi connectivity index (χ4v) is 3.18. The SMILES string of the molecule is Cc1cccc2[nH]cc(CCNC(=O)C(=O)Nc3cc(F)ccc3OC(C)C)c12. The van der Waals surface area contributed by atoms with Gasteiger partial charge in [-0.25, -0.2) is 4.39 Å². The lowest BCUT2D eigenvalue weighted by atomic mass is 10.1. The first-order chi connectivity index (χ1) is 13.8. The molecule has 0 atom stereocenters. The maximum Gasteiger partial charge on any atom is 0.313 e. The van der Waals surface area contributed by atoms with E-state index >= 15 is 0 Å². The summed E-state index contributed by atoms with van der Waals surface area (Å²) < 4.78 is 19.1. The maximum atomic E-state index is 13.5. The zero-order valence-electron chi connectivity index (χ0n) is 16.6. The van der Waals surface area contributed by atoms with Crippen LogP contribution in [-0.4, -0.2) is 29.4 Å². The van der Waals surface area contributed by atoms with E-state index in [9.17, 15) is 14.0 Å². The third-order valence-electron chi connectivity index (χ3n) is 4.43.